The van der Waals surface area contributed by atoms with E-state index >= 15 is 0 Å². The third-order valence-corrected chi connectivity index (χ3v) is 9.19. The van der Waals surface area contributed by atoms with Crippen LogP contribution in [0.5, 0.6) is 0 Å². The molecule has 0 atom stereocenters. The number of rotatable bonds is 7. The number of nitrogens with zero attached hydrogens (tertiary/aromatic N) is 2. The van der Waals surface area contributed by atoms with E-state index in [1.807, 2.05) is 36.4 Å². The molecule has 206 valence electrons. The topological polar surface area (TPSA) is 94.9 Å². The van der Waals surface area contributed by atoms with Crippen molar-refractivity contribution in [3.63, 3.8) is 0 Å². The first-order valence-electron chi connectivity index (χ1n) is 12.6. The minimum Gasteiger partial charge on any atom is -0.444 e. The number of anilines is 1. The first-order chi connectivity index (χ1) is 19.3. The van der Waals surface area contributed by atoms with Gasteiger partial charge in [-0.25, -0.2) is 8.42 Å². The average Bonchev–Trinajstić information content (AvgIpc) is 3.41. The number of halogens is 1. The van der Waals surface area contributed by atoms with Crippen molar-refractivity contribution in [3.8, 4) is 0 Å². The molecule has 3 aromatic carbocycles. The van der Waals surface area contributed by atoms with E-state index in [1.54, 1.807) is 18.2 Å². The second-order valence-electron chi connectivity index (χ2n) is 9.20. The number of carbonyl (C=O) groups excluding carboxylic acids is 1. The first kappa shape index (κ1) is 28.2. The molecule has 1 amide bonds. The van der Waals surface area contributed by atoms with Crippen LogP contribution >= 0.6 is 28.1 Å². The highest BCUT2D eigenvalue weighted by Gasteiger charge is 2.32. The predicted octanol–water partition coefficient (Wildman–Crippen LogP) is 5.26. The molecular formula is C29H27BrN4O4S2. The Hall–Kier alpha value is -3.35. The number of carbonyl (C=O) groups is 1. The fourth-order valence-electron chi connectivity index (χ4n) is 4.71. The normalized spacial score (nSPS) is 14.7. The minimum absolute atomic E-state index is 0.0521. The molecule has 5 rings (SSSR count). The zero-order valence-corrected chi connectivity index (χ0v) is 24.6. The Morgan fingerprint density at radius 2 is 1.40 bits per heavy atom. The van der Waals surface area contributed by atoms with E-state index in [4.69, 9.17) is 16.6 Å². The zero-order chi connectivity index (χ0) is 28.1. The molecule has 1 fully saturated rings. The highest BCUT2D eigenvalue weighted by molar-refractivity contribution is 9.10. The molecule has 0 radical (unpaired) electrons. The fraction of sp³-hybridized carbons (Fsp3) is 0.172. The van der Waals surface area contributed by atoms with Gasteiger partial charge in [0, 0.05) is 31.9 Å². The van der Waals surface area contributed by atoms with Crippen LogP contribution in [0.4, 0.5) is 5.69 Å². The Bertz CT molecular complexity index is 1530. The summed E-state index contributed by atoms with van der Waals surface area (Å²) in [6.07, 6.45) is 0. The molecule has 2 heterocycles. The molecular weight excluding hydrogens is 612 g/mol. The summed E-state index contributed by atoms with van der Waals surface area (Å²) < 4.78 is 34.0. The van der Waals surface area contributed by atoms with Crippen LogP contribution in [0, 0.1) is 0 Å². The maximum absolute atomic E-state index is 13.4. The van der Waals surface area contributed by atoms with Gasteiger partial charge in [-0.1, -0.05) is 60.7 Å². The van der Waals surface area contributed by atoms with Gasteiger partial charge in [-0.15, -0.1) is 0 Å². The maximum Gasteiger partial charge on any atom is 0.293 e. The van der Waals surface area contributed by atoms with Crippen LogP contribution in [-0.4, -0.2) is 54.8 Å². The van der Waals surface area contributed by atoms with E-state index in [0.29, 0.717) is 36.5 Å². The van der Waals surface area contributed by atoms with Crippen molar-refractivity contribution >= 4 is 54.9 Å². The molecule has 4 aromatic rings. The van der Waals surface area contributed by atoms with E-state index < -0.39 is 15.9 Å². The molecule has 1 aliphatic heterocycles. The van der Waals surface area contributed by atoms with Crippen molar-refractivity contribution in [2.24, 2.45) is 0 Å². The third-order valence-electron chi connectivity index (χ3n) is 6.64. The quantitative estimate of drug-likeness (QED) is 0.267. The van der Waals surface area contributed by atoms with Crippen molar-refractivity contribution in [2.45, 2.75) is 10.9 Å². The van der Waals surface area contributed by atoms with Gasteiger partial charge in [0.25, 0.3) is 5.91 Å². The number of amides is 1. The Kier molecular flexibility index (Phi) is 8.77. The van der Waals surface area contributed by atoms with Gasteiger partial charge in [-0.05, 0) is 75.7 Å². The molecule has 0 spiro atoms. The molecule has 1 aromatic heterocycles. The molecule has 8 nitrogen and oxygen atoms in total. The number of hydrogen-bond acceptors (Lipinski definition) is 6. The summed E-state index contributed by atoms with van der Waals surface area (Å²) in [4.78, 5) is 14.7. The standard InChI is InChI=1S/C29H27BrN4O4S2/c30-26-16-15-25(38-26)28(35)32-29(39)31-23-11-13-24(14-12-23)40(36,37)34-19-17-33(18-20-34)27(21-7-3-1-4-8-21)22-9-5-2-6-10-22/h1-16,27H,17-20H2,(H2,31,32,35,39). The Morgan fingerprint density at radius 1 is 0.825 bits per heavy atom. The second kappa shape index (κ2) is 12.4. The van der Waals surface area contributed by atoms with Crippen LogP contribution in [0.2, 0.25) is 0 Å². The lowest BCUT2D eigenvalue weighted by atomic mass is 9.96. The zero-order valence-electron chi connectivity index (χ0n) is 21.4. The molecule has 40 heavy (non-hydrogen) atoms. The van der Waals surface area contributed by atoms with Crippen molar-refractivity contribution < 1.29 is 17.6 Å². The van der Waals surface area contributed by atoms with Gasteiger partial charge in [0.15, 0.2) is 15.5 Å². The molecule has 0 aliphatic carbocycles. The molecule has 2 N–H and O–H groups in total. The van der Waals surface area contributed by atoms with Gasteiger partial charge in [-0.2, -0.15) is 4.31 Å². The first-order valence-corrected chi connectivity index (χ1v) is 15.3. The molecule has 0 bridgehead atoms. The number of piperazine rings is 1. The maximum atomic E-state index is 13.4. The monoisotopic (exact) mass is 638 g/mol. The van der Waals surface area contributed by atoms with Crippen LogP contribution in [-0.2, 0) is 10.0 Å². The van der Waals surface area contributed by atoms with Gasteiger partial charge in [0.2, 0.25) is 10.0 Å². The number of furan rings is 1. The molecule has 0 unspecified atom stereocenters. The van der Waals surface area contributed by atoms with Crippen molar-refractivity contribution in [3.05, 3.63) is 119 Å². The SMILES string of the molecule is O=C(NC(=S)Nc1ccc(S(=O)(=O)N2CCN(C(c3ccccc3)c3ccccc3)CC2)cc1)c1ccc(Br)o1. The lowest BCUT2D eigenvalue weighted by molar-refractivity contribution is 0.0949. The van der Waals surface area contributed by atoms with Gasteiger partial charge < -0.3 is 9.73 Å². The van der Waals surface area contributed by atoms with E-state index in [9.17, 15) is 13.2 Å². The highest BCUT2D eigenvalue weighted by Crippen LogP contribution is 2.30. The second-order valence-corrected chi connectivity index (χ2v) is 12.3. The number of benzene rings is 3. The lowest BCUT2D eigenvalue weighted by Gasteiger charge is -2.39. The molecule has 0 saturated carbocycles. The van der Waals surface area contributed by atoms with E-state index in [0.717, 1.165) is 0 Å². The van der Waals surface area contributed by atoms with Crippen LogP contribution in [0.3, 0.4) is 0 Å². The summed E-state index contributed by atoms with van der Waals surface area (Å²) in [7, 11) is -3.68. The molecule has 1 aliphatic rings. The van der Waals surface area contributed by atoms with E-state index in [2.05, 4.69) is 55.7 Å². The van der Waals surface area contributed by atoms with Gasteiger partial charge in [-0.3, -0.25) is 15.0 Å². The summed E-state index contributed by atoms with van der Waals surface area (Å²) in [5.41, 5.74) is 2.90. The summed E-state index contributed by atoms with van der Waals surface area (Å²) in [6.45, 7) is 1.98. The number of nitrogens with one attached hydrogen (secondary N) is 2. The van der Waals surface area contributed by atoms with Gasteiger partial charge in [0.1, 0.15) is 0 Å². The van der Waals surface area contributed by atoms with E-state index in [-0.39, 0.29) is 21.8 Å². The number of thiocarbonyl (C=S) groups is 1. The Balaban J connectivity index is 1.21. The molecule has 1 saturated heterocycles. The minimum atomic E-state index is -3.68. The van der Waals surface area contributed by atoms with Crippen LogP contribution in [0.1, 0.15) is 27.7 Å². The predicted molar refractivity (Wildman–Crippen MR) is 162 cm³/mol. The summed E-state index contributed by atoms with van der Waals surface area (Å²) in [6, 6.07) is 30.1. The summed E-state index contributed by atoms with van der Waals surface area (Å²) >= 11 is 8.35. The van der Waals surface area contributed by atoms with Crippen LogP contribution < -0.4 is 10.6 Å². The number of hydrogen-bond donors (Lipinski definition) is 2. The highest BCUT2D eigenvalue weighted by atomic mass is 79.9. The smallest absolute Gasteiger partial charge is 0.293 e. The third kappa shape index (κ3) is 6.51. The Morgan fingerprint density at radius 3 is 1.93 bits per heavy atom. The molecule has 11 heteroatoms. The summed E-state index contributed by atoms with van der Waals surface area (Å²) in [5, 5.41) is 5.48. The van der Waals surface area contributed by atoms with Crippen molar-refractivity contribution in [1.29, 1.82) is 0 Å². The lowest BCUT2D eigenvalue weighted by Crippen LogP contribution is -2.49. The largest absolute Gasteiger partial charge is 0.444 e. The van der Waals surface area contributed by atoms with Gasteiger partial charge in [0.05, 0.1) is 10.9 Å². The fourth-order valence-corrected chi connectivity index (χ4v) is 6.65. The van der Waals surface area contributed by atoms with E-state index in [1.165, 1.54) is 33.6 Å². The van der Waals surface area contributed by atoms with Gasteiger partial charge >= 0.3 is 0 Å². The van der Waals surface area contributed by atoms with Crippen LogP contribution in [0.15, 0.2) is 111 Å². The Labute approximate surface area is 247 Å². The number of sulfonamides is 1. The van der Waals surface area contributed by atoms with Crippen LogP contribution in [0.25, 0.3) is 0 Å². The van der Waals surface area contributed by atoms with Crippen molar-refractivity contribution in [2.75, 3.05) is 31.5 Å². The van der Waals surface area contributed by atoms with Crippen molar-refractivity contribution in [1.82, 2.24) is 14.5 Å². The summed E-state index contributed by atoms with van der Waals surface area (Å²) in [5.74, 6) is -0.389. The average molecular weight is 640 g/mol.